The van der Waals surface area contributed by atoms with Crippen molar-refractivity contribution in [1.29, 1.82) is 0 Å². The minimum atomic E-state index is 0. The van der Waals surface area contributed by atoms with Crippen molar-refractivity contribution >= 4 is 0 Å². The molecule has 0 aliphatic heterocycles. The first-order valence-corrected chi connectivity index (χ1v) is 20.7. The fourth-order valence-corrected chi connectivity index (χ4v) is 5.47. The van der Waals surface area contributed by atoms with Crippen molar-refractivity contribution in [2.24, 2.45) is 0 Å². The van der Waals surface area contributed by atoms with Gasteiger partial charge in [-0.2, -0.15) is 5.10 Å². The van der Waals surface area contributed by atoms with Gasteiger partial charge in [0, 0.05) is 6.20 Å². The zero-order valence-electron chi connectivity index (χ0n) is 40.5. The van der Waals surface area contributed by atoms with Crippen LogP contribution in [0, 0.1) is 0 Å². The van der Waals surface area contributed by atoms with E-state index in [1.54, 1.807) is 0 Å². The van der Waals surface area contributed by atoms with E-state index >= 15 is 0 Å². The van der Waals surface area contributed by atoms with Gasteiger partial charge >= 0.3 is 0 Å². The monoisotopic (exact) mass is 767 g/mol. The van der Waals surface area contributed by atoms with Crippen LogP contribution in [-0.2, 0) is 43.4 Å². The van der Waals surface area contributed by atoms with Crippen LogP contribution < -0.4 is 0 Å². The molecule has 0 unspecified atom stereocenters. The molecule has 0 bridgehead atoms. The zero-order valence-corrected chi connectivity index (χ0v) is 40.5. The van der Waals surface area contributed by atoms with Gasteiger partial charge in [-0.3, -0.25) is 4.68 Å². The molecule has 4 aromatic rings. The summed E-state index contributed by atoms with van der Waals surface area (Å²) in [5, 5.41) is 4.37. The van der Waals surface area contributed by atoms with Gasteiger partial charge in [0.25, 0.3) is 0 Å². The van der Waals surface area contributed by atoms with E-state index in [0.717, 1.165) is 0 Å². The number of hydrogen-bond donors (Lipinski definition) is 0. The highest BCUT2D eigenvalue weighted by molar-refractivity contribution is 5.33. The Morgan fingerprint density at radius 2 is 0.554 bits per heavy atom. The van der Waals surface area contributed by atoms with Crippen LogP contribution in [0.3, 0.4) is 0 Å². The number of rotatable bonds is 0. The zero-order chi connectivity index (χ0) is 43.2. The first kappa shape index (κ1) is 52.9. The summed E-state index contributed by atoms with van der Waals surface area (Å²) in [5.74, 6) is 0. The summed E-state index contributed by atoms with van der Waals surface area (Å²) in [6.07, 6.45) is 4.10. The lowest BCUT2D eigenvalue weighted by Gasteiger charge is -2.24. The third-order valence-corrected chi connectivity index (χ3v) is 9.96. The maximum Gasteiger partial charge on any atom is 0.0543 e. The summed E-state index contributed by atoms with van der Waals surface area (Å²) in [7, 11) is 0. The lowest BCUT2D eigenvalue weighted by Crippen LogP contribution is -2.22. The molecule has 0 saturated heterocycles. The van der Waals surface area contributed by atoms with Gasteiger partial charge in [-0.1, -0.05) is 226 Å². The van der Waals surface area contributed by atoms with Crippen LogP contribution in [0.4, 0.5) is 0 Å². The molecular weight excluding hydrogens is 677 g/mol. The quantitative estimate of drug-likeness (QED) is 0.174. The highest BCUT2D eigenvalue weighted by Gasteiger charge is 2.21. The van der Waals surface area contributed by atoms with Crippen LogP contribution in [0.2, 0.25) is 0 Å². The molecule has 0 atom stereocenters. The summed E-state index contributed by atoms with van der Waals surface area (Å²) in [6.45, 7) is 53.6. The fraction of sp³-hybridized carbons (Fsp3) is 0.611. The van der Waals surface area contributed by atoms with E-state index in [-0.39, 0.29) is 50.9 Å². The molecular formula is C54H90N2. The van der Waals surface area contributed by atoms with Gasteiger partial charge in [-0.05, 0) is 97.6 Å². The molecule has 0 amide bonds. The van der Waals surface area contributed by atoms with Gasteiger partial charge < -0.3 is 0 Å². The highest BCUT2D eigenvalue weighted by atomic mass is 15.3. The summed E-state index contributed by atoms with van der Waals surface area (Å²) in [5.41, 5.74) is 11.6. The summed E-state index contributed by atoms with van der Waals surface area (Å²) < 4.78 is 2.02. The second-order valence-corrected chi connectivity index (χ2v) is 23.8. The molecule has 2 nitrogen and oxygen atoms in total. The average molecular weight is 767 g/mol. The topological polar surface area (TPSA) is 17.8 Å². The van der Waals surface area contributed by atoms with Crippen molar-refractivity contribution in [2.45, 2.75) is 217 Å². The average Bonchev–Trinajstić information content (AvgIpc) is 3.53. The molecule has 56 heavy (non-hydrogen) atoms. The number of aromatic nitrogens is 2. The molecule has 0 aliphatic carbocycles. The lowest BCUT2D eigenvalue weighted by atomic mass is 9.81. The second-order valence-electron chi connectivity index (χ2n) is 23.8. The minimum absolute atomic E-state index is 0. The van der Waals surface area contributed by atoms with E-state index in [0.29, 0.717) is 0 Å². The standard InChI is InChI=1S/3C14H22.C11H20N2.CH4/c2*1-13(2,3)11-7-9-12(10-8-11)14(4,5)6;1-13(2,3)11-8-7-9-12(10-11)14(4,5)6;1-10(2,3)9-7-12-13(8-9)11(4,5)6;/h3*7-10H,1-6H3;7-8H,1-6H3;1H4. The van der Waals surface area contributed by atoms with Crippen molar-refractivity contribution in [2.75, 3.05) is 0 Å². The van der Waals surface area contributed by atoms with E-state index in [2.05, 4.69) is 250 Å². The molecule has 316 valence electrons. The number of hydrogen-bond acceptors (Lipinski definition) is 1. The SMILES string of the molecule is C.CC(C)(C)c1ccc(C(C)(C)C)cc1.CC(C)(C)c1ccc(C(C)(C)C)cc1.CC(C)(C)c1cccc(C(C)(C)C)c1.CC(C)(C)c1cnn(C(C)(C)C)c1. The predicted molar refractivity (Wildman–Crippen MR) is 254 cm³/mol. The molecule has 0 aliphatic rings. The van der Waals surface area contributed by atoms with Gasteiger partial charge in [-0.25, -0.2) is 0 Å². The van der Waals surface area contributed by atoms with Crippen molar-refractivity contribution in [1.82, 2.24) is 9.78 Å². The van der Waals surface area contributed by atoms with E-state index < -0.39 is 0 Å². The van der Waals surface area contributed by atoms with Gasteiger partial charge in [0.15, 0.2) is 0 Å². The Morgan fingerprint density at radius 3 is 0.714 bits per heavy atom. The Bertz CT molecular complexity index is 1510. The molecule has 2 heteroatoms. The molecule has 1 aromatic heterocycles. The first-order valence-electron chi connectivity index (χ1n) is 20.7. The van der Waals surface area contributed by atoms with Crippen LogP contribution >= 0.6 is 0 Å². The number of benzene rings is 3. The molecule has 3 aromatic carbocycles. The lowest BCUT2D eigenvalue weighted by molar-refractivity contribution is 0.354. The van der Waals surface area contributed by atoms with E-state index in [4.69, 9.17) is 0 Å². The first-order chi connectivity index (χ1) is 24.3. The fourth-order valence-electron chi connectivity index (χ4n) is 5.47. The van der Waals surface area contributed by atoms with Crippen molar-refractivity contribution in [3.05, 3.63) is 124 Å². The smallest absolute Gasteiger partial charge is 0.0543 e. The Balaban J connectivity index is 0.000000716. The summed E-state index contributed by atoms with van der Waals surface area (Å²) >= 11 is 0. The Kier molecular flexibility index (Phi) is 18.0. The Hall–Kier alpha value is -3.13. The minimum Gasteiger partial charge on any atom is -0.267 e. The highest BCUT2D eigenvalue weighted by Crippen LogP contribution is 2.30. The predicted octanol–water partition coefficient (Wildman–Crippen LogP) is 16.4. The van der Waals surface area contributed by atoms with Gasteiger partial charge in [0.1, 0.15) is 0 Å². The largest absolute Gasteiger partial charge is 0.267 e. The molecule has 4 rings (SSSR count). The Morgan fingerprint density at radius 1 is 0.321 bits per heavy atom. The third-order valence-electron chi connectivity index (χ3n) is 9.96. The second kappa shape index (κ2) is 19.1. The van der Waals surface area contributed by atoms with E-state index in [1.165, 1.54) is 38.9 Å². The van der Waals surface area contributed by atoms with Crippen LogP contribution in [0.1, 0.15) is 213 Å². The summed E-state index contributed by atoms with van der Waals surface area (Å²) in [4.78, 5) is 0. The molecule has 1 heterocycles. The van der Waals surface area contributed by atoms with Gasteiger partial charge in [0.05, 0.1) is 11.7 Å². The Labute approximate surface area is 349 Å². The van der Waals surface area contributed by atoms with Gasteiger partial charge in [0.2, 0.25) is 0 Å². The van der Waals surface area contributed by atoms with Crippen LogP contribution in [0.15, 0.2) is 85.2 Å². The third kappa shape index (κ3) is 18.0. The van der Waals surface area contributed by atoms with Crippen LogP contribution in [-0.4, -0.2) is 9.78 Å². The molecule has 0 spiro atoms. The summed E-state index contributed by atoms with van der Waals surface area (Å²) in [6, 6.07) is 26.9. The number of nitrogens with zero attached hydrogens (tertiary/aromatic N) is 2. The van der Waals surface area contributed by atoms with Crippen molar-refractivity contribution in [3.8, 4) is 0 Å². The molecule has 0 N–H and O–H groups in total. The maximum absolute atomic E-state index is 4.37. The van der Waals surface area contributed by atoms with E-state index in [9.17, 15) is 0 Å². The van der Waals surface area contributed by atoms with Crippen LogP contribution in [0.25, 0.3) is 0 Å². The molecule has 0 fully saturated rings. The van der Waals surface area contributed by atoms with Crippen molar-refractivity contribution in [3.63, 3.8) is 0 Å². The normalized spacial score (nSPS) is 12.9. The molecule has 0 saturated carbocycles. The van der Waals surface area contributed by atoms with Gasteiger partial charge in [-0.15, -0.1) is 0 Å². The van der Waals surface area contributed by atoms with E-state index in [1.807, 2.05) is 10.9 Å². The van der Waals surface area contributed by atoms with Crippen molar-refractivity contribution < 1.29 is 0 Å². The maximum atomic E-state index is 4.37. The molecule has 0 radical (unpaired) electrons. The van der Waals surface area contributed by atoms with Crippen LogP contribution in [0.5, 0.6) is 0 Å².